The van der Waals surface area contributed by atoms with E-state index in [0.29, 0.717) is 30.8 Å². The molecule has 0 unspecified atom stereocenters. The van der Waals surface area contributed by atoms with Gasteiger partial charge in [-0.2, -0.15) is 4.31 Å². The minimum Gasteiger partial charge on any atom is -0.457 e. The lowest BCUT2D eigenvalue weighted by Crippen LogP contribution is -2.42. The summed E-state index contributed by atoms with van der Waals surface area (Å²) in [7, 11) is -3.38. The molecule has 0 bridgehead atoms. The molecular formula is C18H20N2O4S. The Morgan fingerprint density at radius 1 is 1.08 bits per heavy atom. The summed E-state index contributed by atoms with van der Waals surface area (Å²) in [5.41, 5.74) is 0.603. The molecule has 3 rings (SSSR count). The van der Waals surface area contributed by atoms with Gasteiger partial charge < -0.3 is 10.1 Å². The molecule has 1 N–H and O–H groups in total. The average molecular weight is 360 g/mol. The quantitative estimate of drug-likeness (QED) is 0.890. The number of nitrogens with one attached hydrogen (secondary N) is 1. The van der Waals surface area contributed by atoms with Crippen molar-refractivity contribution in [3.05, 3.63) is 54.6 Å². The van der Waals surface area contributed by atoms with E-state index in [0.717, 1.165) is 12.0 Å². The number of anilines is 1. The molecule has 132 valence electrons. The second kappa shape index (κ2) is 7.25. The van der Waals surface area contributed by atoms with Gasteiger partial charge in [0, 0.05) is 12.2 Å². The molecule has 0 radical (unpaired) electrons. The van der Waals surface area contributed by atoms with Crippen molar-refractivity contribution in [3.63, 3.8) is 0 Å². The third-order valence-corrected chi connectivity index (χ3v) is 5.32. The van der Waals surface area contributed by atoms with Gasteiger partial charge in [-0.1, -0.05) is 18.2 Å². The lowest BCUT2D eigenvalue weighted by molar-refractivity contribution is -0.119. The van der Waals surface area contributed by atoms with E-state index in [-0.39, 0.29) is 5.91 Å². The molecule has 6 nitrogen and oxygen atoms in total. The van der Waals surface area contributed by atoms with Crippen LogP contribution in [0.4, 0.5) is 5.69 Å². The Kier molecular flexibility index (Phi) is 5.06. The summed E-state index contributed by atoms with van der Waals surface area (Å²) in [6.07, 6.45) is 2.36. The highest BCUT2D eigenvalue weighted by Crippen LogP contribution is 2.24. The Hall–Kier alpha value is -2.38. The monoisotopic (exact) mass is 360 g/mol. The van der Waals surface area contributed by atoms with E-state index in [1.807, 2.05) is 30.3 Å². The number of hydrogen-bond acceptors (Lipinski definition) is 4. The summed E-state index contributed by atoms with van der Waals surface area (Å²) in [5.74, 6) is 1.08. The number of carbonyl (C=O) groups excluding carboxylic acids is 1. The number of benzene rings is 2. The molecule has 2 aromatic rings. The second-order valence-corrected chi connectivity index (χ2v) is 7.90. The Labute approximate surface area is 147 Å². The number of hydrogen-bond donors (Lipinski definition) is 1. The van der Waals surface area contributed by atoms with Crippen LogP contribution in [0.15, 0.2) is 54.6 Å². The summed E-state index contributed by atoms with van der Waals surface area (Å²) in [5, 5.41) is 2.78. The molecule has 0 saturated carbocycles. The molecule has 1 amide bonds. The van der Waals surface area contributed by atoms with E-state index in [1.54, 1.807) is 24.3 Å². The summed E-state index contributed by atoms with van der Waals surface area (Å²) in [6, 6.07) is 15.7. The van der Waals surface area contributed by atoms with Crippen LogP contribution in [-0.4, -0.2) is 37.5 Å². The van der Waals surface area contributed by atoms with Crippen molar-refractivity contribution in [2.75, 3.05) is 18.1 Å². The fourth-order valence-corrected chi connectivity index (χ4v) is 3.98. The van der Waals surface area contributed by atoms with Crippen LogP contribution in [0.3, 0.4) is 0 Å². The van der Waals surface area contributed by atoms with Crippen molar-refractivity contribution in [2.24, 2.45) is 0 Å². The molecule has 25 heavy (non-hydrogen) atoms. The van der Waals surface area contributed by atoms with Crippen LogP contribution < -0.4 is 10.1 Å². The predicted molar refractivity (Wildman–Crippen MR) is 96.2 cm³/mol. The van der Waals surface area contributed by atoms with Crippen molar-refractivity contribution in [2.45, 2.75) is 18.9 Å². The maximum absolute atomic E-state index is 12.4. The number of nitrogens with zero attached hydrogens (tertiary/aromatic N) is 1. The van der Waals surface area contributed by atoms with E-state index in [9.17, 15) is 13.2 Å². The van der Waals surface area contributed by atoms with Gasteiger partial charge in [-0.15, -0.1) is 0 Å². The molecule has 1 atom stereocenters. The molecule has 1 saturated heterocycles. The summed E-state index contributed by atoms with van der Waals surface area (Å²) >= 11 is 0. The zero-order chi connectivity index (χ0) is 17.9. The van der Waals surface area contributed by atoms with Gasteiger partial charge in [-0.3, -0.25) is 4.79 Å². The van der Waals surface area contributed by atoms with Crippen molar-refractivity contribution in [1.29, 1.82) is 0 Å². The van der Waals surface area contributed by atoms with Crippen molar-refractivity contribution >= 4 is 21.6 Å². The van der Waals surface area contributed by atoms with Gasteiger partial charge >= 0.3 is 0 Å². The molecule has 0 spiro atoms. The third kappa shape index (κ3) is 4.37. The first kappa shape index (κ1) is 17.4. The second-order valence-electron chi connectivity index (χ2n) is 5.96. The average Bonchev–Trinajstić information content (AvgIpc) is 3.08. The van der Waals surface area contributed by atoms with E-state index < -0.39 is 16.1 Å². The van der Waals surface area contributed by atoms with Gasteiger partial charge in [0.05, 0.1) is 6.26 Å². The number of para-hydroxylation sites is 1. The van der Waals surface area contributed by atoms with E-state index in [4.69, 9.17) is 4.74 Å². The highest BCUT2D eigenvalue weighted by atomic mass is 32.2. The Morgan fingerprint density at radius 3 is 2.36 bits per heavy atom. The number of sulfonamides is 1. The summed E-state index contributed by atoms with van der Waals surface area (Å²) < 4.78 is 30.5. The minimum atomic E-state index is -3.38. The van der Waals surface area contributed by atoms with Gasteiger partial charge in [0.25, 0.3) is 0 Å². The smallest absolute Gasteiger partial charge is 0.242 e. The normalized spacial score (nSPS) is 18.0. The molecular weight excluding hydrogens is 340 g/mol. The van der Waals surface area contributed by atoms with Gasteiger partial charge in [0.2, 0.25) is 15.9 Å². The van der Waals surface area contributed by atoms with Crippen LogP contribution in [-0.2, 0) is 14.8 Å². The highest BCUT2D eigenvalue weighted by molar-refractivity contribution is 7.88. The fourth-order valence-electron chi connectivity index (χ4n) is 2.86. The largest absolute Gasteiger partial charge is 0.457 e. The molecule has 0 aromatic heterocycles. The third-order valence-electron chi connectivity index (χ3n) is 4.03. The summed E-state index contributed by atoms with van der Waals surface area (Å²) in [6.45, 7) is 0.390. The number of rotatable bonds is 5. The van der Waals surface area contributed by atoms with Gasteiger partial charge in [-0.25, -0.2) is 8.42 Å². The number of ether oxygens (including phenoxy) is 1. The summed E-state index contributed by atoms with van der Waals surface area (Å²) in [4.78, 5) is 12.4. The van der Waals surface area contributed by atoms with Gasteiger partial charge in [0.15, 0.2) is 0 Å². The minimum absolute atomic E-state index is 0.306. The van der Waals surface area contributed by atoms with Crippen LogP contribution in [0.25, 0.3) is 0 Å². The first-order chi connectivity index (χ1) is 11.9. The molecule has 1 aliphatic rings. The molecule has 1 heterocycles. The van der Waals surface area contributed by atoms with E-state index in [1.165, 1.54) is 4.31 Å². The van der Waals surface area contributed by atoms with Crippen molar-refractivity contribution in [3.8, 4) is 11.5 Å². The Morgan fingerprint density at radius 2 is 1.72 bits per heavy atom. The van der Waals surface area contributed by atoms with Crippen molar-refractivity contribution < 1.29 is 17.9 Å². The highest BCUT2D eigenvalue weighted by Gasteiger charge is 2.36. The zero-order valence-corrected chi connectivity index (χ0v) is 14.7. The van der Waals surface area contributed by atoms with Gasteiger partial charge in [0.1, 0.15) is 17.5 Å². The maximum atomic E-state index is 12.4. The molecule has 2 aromatic carbocycles. The van der Waals surface area contributed by atoms with Crippen LogP contribution in [0.2, 0.25) is 0 Å². The van der Waals surface area contributed by atoms with Crippen LogP contribution in [0, 0.1) is 0 Å². The fraction of sp³-hybridized carbons (Fsp3) is 0.278. The maximum Gasteiger partial charge on any atom is 0.242 e. The molecule has 1 aliphatic heterocycles. The first-order valence-corrected chi connectivity index (χ1v) is 9.89. The van der Waals surface area contributed by atoms with Crippen LogP contribution in [0.1, 0.15) is 12.8 Å². The number of carbonyl (C=O) groups is 1. The molecule has 7 heteroatoms. The van der Waals surface area contributed by atoms with E-state index >= 15 is 0 Å². The Balaban J connectivity index is 1.64. The van der Waals surface area contributed by atoms with Gasteiger partial charge in [-0.05, 0) is 49.2 Å². The van der Waals surface area contributed by atoms with Crippen molar-refractivity contribution in [1.82, 2.24) is 4.31 Å². The standard InChI is InChI=1S/C18H20N2O4S/c1-25(22,23)20-13-5-8-17(20)18(21)19-14-9-11-16(12-10-14)24-15-6-3-2-4-7-15/h2-4,6-7,9-12,17H,5,8,13H2,1H3,(H,19,21)/t17-/m1/s1. The zero-order valence-electron chi connectivity index (χ0n) is 13.9. The van der Waals surface area contributed by atoms with E-state index in [2.05, 4.69) is 5.32 Å². The number of amides is 1. The predicted octanol–water partition coefficient (Wildman–Crippen LogP) is 2.84. The lowest BCUT2D eigenvalue weighted by Gasteiger charge is -2.21. The van der Waals surface area contributed by atoms with Crippen LogP contribution in [0.5, 0.6) is 11.5 Å². The lowest BCUT2D eigenvalue weighted by atomic mass is 10.2. The first-order valence-electron chi connectivity index (χ1n) is 8.04. The molecule has 1 fully saturated rings. The topological polar surface area (TPSA) is 75.7 Å². The van der Waals surface area contributed by atoms with Crippen LogP contribution >= 0.6 is 0 Å². The molecule has 0 aliphatic carbocycles. The Bertz CT molecular complexity index is 835. The SMILES string of the molecule is CS(=O)(=O)N1CCC[C@@H]1C(=O)Nc1ccc(Oc2ccccc2)cc1.